The molecule has 2 aromatic carbocycles. The molecule has 0 spiro atoms. The quantitative estimate of drug-likeness (QED) is 0.163. The summed E-state index contributed by atoms with van der Waals surface area (Å²) in [7, 11) is 0. The second-order valence-electron chi connectivity index (χ2n) is 8.99. The third-order valence-corrected chi connectivity index (χ3v) is 6.49. The van der Waals surface area contributed by atoms with Gasteiger partial charge < -0.3 is 14.6 Å². The van der Waals surface area contributed by atoms with Crippen molar-refractivity contribution in [1.29, 1.82) is 0 Å². The molecule has 1 unspecified atom stereocenters. The third kappa shape index (κ3) is 10.6. The van der Waals surface area contributed by atoms with Gasteiger partial charge in [-0.1, -0.05) is 76.3 Å². The summed E-state index contributed by atoms with van der Waals surface area (Å²) in [5.74, 6) is -0.206. The highest BCUT2D eigenvalue weighted by Gasteiger charge is 2.20. The summed E-state index contributed by atoms with van der Waals surface area (Å²) < 4.78 is 26.0. The van der Waals surface area contributed by atoms with Crippen LogP contribution < -0.4 is 4.74 Å². The van der Waals surface area contributed by atoms with Crippen LogP contribution in [0.3, 0.4) is 0 Å². The lowest BCUT2D eigenvalue weighted by atomic mass is 10.00. The minimum Gasteiger partial charge on any atom is -0.494 e. The molecule has 0 saturated heterocycles. The zero-order valence-corrected chi connectivity index (χ0v) is 21.8. The van der Waals surface area contributed by atoms with E-state index in [1.54, 1.807) is 18.2 Å². The normalized spacial score (nSPS) is 13.8. The first-order chi connectivity index (χ1) is 17.0. The van der Waals surface area contributed by atoms with E-state index in [1.807, 2.05) is 37.3 Å². The van der Waals surface area contributed by atoms with Crippen LogP contribution in [0, 0.1) is 0 Å². The number of hydrogen-bond acceptors (Lipinski definition) is 3. The fourth-order valence-corrected chi connectivity index (χ4v) is 4.25. The Morgan fingerprint density at radius 2 is 1.66 bits per heavy atom. The molecule has 2 aromatic rings. The average Bonchev–Trinajstić information content (AvgIpc) is 2.87. The van der Waals surface area contributed by atoms with Crippen LogP contribution in [0.15, 0.2) is 48.5 Å². The molecule has 0 radical (unpaired) electrons. The van der Waals surface area contributed by atoms with Crippen molar-refractivity contribution in [2.75, 3.05) is 13.2 Å². The van der Waals surface area contributed by atoms with Crippen molar-refractivity contribution in [3.63, 3.8) is 0 Å². The van der Waals surface area contributed by atoms with Gasteiger partial charge in [-0.25, -0.2) is 9.18 Å². The molecule has 0 saturated carbocycles. The maximum Gasteiger partial charge on any atom is 0.336 e. The second-order valence-corrected chi connectivity index (χ2v) is 9.55. The number of carbonyl (C=O) groups is 1. The molecule has 6 heteroatoms. The lowest BCUT2D eigenvalue weighted by molar-refractivity contribution is 0.0270. The van der Waals surface area contributed by atoms with Gasteiger partial charge >= 0.3 is 5.97 Å². The summed E-state index contributed by atoms with van der Waals surface area (Å²) in [4.78, 5) is 11.5. The molecule has 0 heterocycles. The van der Waals surface area contributed by atoms with Crippen LogP contribution in [0.5, 0.6) is 5.75 Å². The van der Waals surface area contributed by atoms with Gasteiger partial charge in [0.15, 0.2) is 0 Å². The van der Waals surface area contributed by atoms with E-state index >= 15 is 0 Å². The van der Waals surface area contributed by atoms with E-state index < -0.39 is 17.5 Å². The van der Waals surface area contributed by atoms with Crippen LogP contribution in [-0.2, 0) is 4.74 Å². The number of carboxylic acids is 1. The Morgan fingerprint density at radius 1 is 0.943 bits per heavy atom. The fraction of sp³-hybridized carbons (Fsp3) is 0.552. The molecule has 194 valence electrons. The summed E-state index contributed by atoms with van der Waals surface area (Å²) in [6.07, 6.45) is 7.54. The van der Waals surface area contributed by atoms with Crippen LogP contribution in [0.4, 0.5) is 4.39 Å². The Hall–Kier alpha value is -2.11. The Morgan fingerprint density at radius 3 is 2.34 bits per heavy atom. The first kappa shape index (κ1) is 29.1. The number of rotatable bonds is 18. The van der Waals surface area contributed by atoms with Gasteiger partial charge in [0.2, 0.25) is 0 Å². The molecule has 0 amide bonds. The van der Waals surface area contributed by atoms with E-state index in [-0.39, 0.29) is 18.3 Å². The van der Waals surface area contributed by atoms with E-state index in [2.05, 4.69) is 6.92 Å². The van der Waals surface area contributed by atoms with Crippen LogP contribution in [0.25, 0.3) is 11.1 Å². The summed E-state index contributed by atoms with van der Waals surface area (Å²) in [6.45, 7) is 4.93. The van der Waals surface area contributed by atoms with E-state index in [0.29, 0.717) is 18.6 Å². The smallest absolute Gasteiger partial charge is 0.336 e. The maximum atomic E-state index is 14.0. The first-order valence-electron chi connectivity index (χ1n) is 12.9. The molecule has 0 aliphatic heterocycles. The van der Waals surface area contributed by atoms with Crippen molar-refractivity contribution >= 4 is 17.6 Å². The van der Waals surface area contributed by atoms with Gasteiger partial charge in [-0.2, -0.15) is 0 Å². The lowest BCUT2D eigenvalue weighted by Gasteiger charge is -2.21. The highest BCUT2D eigenvalue weighted by atomic mass is 35.5. The minimum atomic E-state index is -1.03. The fourth-order valence-electron chi connectivity index (χ4n) is 4.05. The zero-order chi connectivity index (χ0) is 25.5. The van der Waals surface area contributed by atoms with Crippen molar-refractivity contribution in [3.05, 3.63) is 54.1 Å². The van der Waals surface area contributed by atoms with Crippen molar-refractivity contribution in [1.82, 2.24) is 0 Å². The molecule has 0 aliphatic rings. The van der Waals surface area contributed by atoms with Crippen molar-refractivity contribution in [2.45, 2.75) is 89.3 Å². The minimum absolute atomic E-state index is 0.0560. The molecule has 4 nitrogen and oxygen atoms in total. The number of unbranched alkanes of at least 4 members (excludes halogenated alkanes) is 3. The molecule has 1 N–H and O–H groups in total. The van der Waals surface area contributed by atoms with Crippen LogP contribution in [0.1, 0.15) is 82.0 Å². The second kappa shape index (κ2) is 16.5. The number of alkyl halides is 2. The highest BCUT2D eigenvalue weighted by Crippen LogP contribution is 2.26. The number of aromatic carboxylic acids is 1. The van der Waals surface area contributed by atoms with Gasteiger partial charge in [-0.15, -0.1) is 11.6 Å². The topological polar surface area (TPSA) is 55.8 Å². The standard InChI is InChI=1S/C29H40ClFO4/c1-3-5-6-7-12-23(35-21-27(30)28(31)11-4-2)13-10-20-34-24-18-16-22(17-19-24)25-14-8-9-15-26(25)29(32)33/h8-9,14-19,23,27-28H,3-7,10-13,20-21H2,1-2H3,(H,32,33)/t23?,27-,28-/m1/s1. The van der Waals surface area contributed by atoms with Crippen LogP contribution >= 0.6 is 11.6 Å². The molecule has 0 aliphatic carbocycles. The van der Waals surface area contributed by atoms with Gasteiger partial charge in [0.05, 0.1) is 30.3 Å². The average molecular weight is 507 g/mol. The highest BCUT2D eigenvalue weighted by molar-refractivity contribution is 6.21. The summed E-state index contributed by atoms with van der Waals surface area (Å²) >= 11 is 6.21. The zero-order valence-electron chi connectivity index (χ0n) is 21.1. The Bertz CT molecular complexity index is 858. The summed E-state index contributed by atoms with van der Waals surface area (Å²) in [6, 6.07) is 14.4. The number of carboxylic acid groups (broad SMARTS) is 1. The van der Waals surface area contributed by atoms with E-state index in [0.717, 1.165) is 43.4 Å². The molecule has 3 atom stereocenters. The molecule has 0 aromatic heterocycles. The van der Waals surface area contributed by atoms with E-state index in [1.165, 1.54) is 19.3 Å². The Labute approximate surface area is 214 Å². The molecular formula is C29H40ClFO4. The van der Waals surface area contributed by atoms with Gasteiger partial charge in [-0.05, 0) is 55.0 Å². The Balaban J connectivity index is 1.83. The van der Waals surface area contributed by atoms with Gasteiger partial charge in [0, 0.05) is 0 Å². The molecule has 2 rings (SSSR count). The molecule has 0 bridgehead atoms. The first-order valence-corrected chi connectivity index (χ1v) is 13.3. The number of halogens is 2. The summed E-state index contributed by atoms with van der Waals surface area (Å²) in [5, 5.41) is 8.81. The van der Waals surface area contributed by atoms with Gasteiger partial charge in [-0.3, -0.25) is 0 Å². The lowest BCUT2D eigenvalue weighted by Crippen LogP contribution is -2.26. The SMILES string of the molecule is CCCCCCC(CCCOc1ccc(-c2ccccc2C(=O)O)cc1)OC[C@@H](Cl)[C@H](F)CCC. The molecule has 0 fully saturated rings. The van der Waals surface area contributed by atoms with Crippen molar-refractivity contribution in [3.8, 4) is 16.9 Å². The Kier molecular flexibility index (Phi) is 13.8. The van der Waals surface area contributed by atoms with Gasteiger partial charge in [0.25, 0.3) is 0 Å². The predicted molar refractivity (Wildman–Crippen MR) is 142 cm³/mol. The van der Waals surface area contributed by atoms with E-state index in [4.69, 9.17) is 21.1 Å². The number of ether oxygens (including phenoxy) is 2. The predicted octanol–water partition coefficient (Wildman–Crippen LogP) is 8.31. The van der Waals surface area contributed by atoms with Crippen LogP contribution in [-0.4, -0.2) is 41.9 Å². The van der Waals surface area contributed by atoms with Crippen molar-refractivity contribution in [2.24, 2.45) is 0 Å². The van der Waals surface area contributed by atoms with Gasteiger partial charge in [0.1, 0.15) is 11.9 Å². The van der Waals surface area contributed by atoms with Crippen molar-refractivity contribution < 1.29 is 23.8 Å². The van der Waals surface area contributed by atoms with E-state index in [9.17, 15) is 14.3 Å². The molecular weight excluding hydrogens is 467 g/mol. The largest absolute Gasteiger partial charge is 0.494 e. The number of hydrogen-bond donors (Lipinski definition) is 1. The number of benzene rings is 2. The third-order valence-electron chi connectivity index (χ3n) is 6.09. The molecule has 35 heavy (non-hydrogen) atoms. The monoisotopic (exact) mass is 506 g/mol. The maximum absolute atomic E-state index is 14.0. The van der Waals surface area contributed by atoms with Crippen LogP contribution in [0.2, 0.25) is 0 Å². The summed E-state index contributed by atoms with van der Waals surface area (Å²) in [5.41, 5.74) is 1.79.